The highest BCUT2D eigenvalue weighted by Gasteiger charge is 2.11. The van der Waals surface area contributed by atoms with Gasteiger partial charge < -0.3 is 0 Å². The number of hydrogen-bond acceptors (Lipinski definition) is 2. The lowest BCUT2D eigenvalue weighted by Gasteiger charge is -1.97. The van der Waals surface area contributed by atoms with E-state index in [1.54, 1.807) is 0 Å². The quantitative estimate of drug-likeness (QED) is 0.632. The van der Waals surface area contributed by atoms with Gasteiger partial charge in [-0.15, -0.1) is 10.2 Å². The lowest BCUT2D eigenvalue weighted by molar-refractivity contribution is 0.151. The molecular formula is C5H2ClF2N2. The molecule has 0 unspecified atom stereocenters. The highest BCUT2D eigenvalue weighted by molar-refractivity contribution is 6.30. The van der Waals surface area contributed by atoms with Crippen molar-refractivity contribution < 1.29 is 8.78 Å². The van der Waals surface area contributed by atoms with Gasteiger partial charge in [0.1, 0.15) is 6.20 Å². The second kappa shape index (κ2) is 2.88. The molecule has 0 fully saturated rings. The van der Waals surface area contributed by atoms with E-state index in [1.165, 1.54) is 0 Å². The van der Waals surface area contributed by atoms with Crippen LogP contribution in [0.1, 0.15) is 12.0 Å². The molecule has 0 aliphatic heterocycles. The largest absolute Gasteiger partial charge is 0.266 e. The molecule has 1 heterocycles. The van der Waals surface area contributed by atoms with Crippen molar-refractivity contribution in [3.63, 3.8) is 0 Å². The van der Waals surface area contributed by atoms with Gasteiger partial charge in [-0.1, -0.05) is 11.6 Å². The summed E-state index contributed by atoms with van der Waals surface area (Å²) >= 11 is 5.25. The van der Waals surface area contributed by atoms with Crippen LogP contribution in [-0.4, -0.2) is 10.2 Å². The first-order chi connectivity index (χ1) is 4.72. The molecule has 0 saturated heterocycles. The summed E-state index contributed by atoms with van der Waals surface area (Å²) in [6.07, 6.45) is -0.454. The summed E-state index contributed by atoms with van der Waals surface area (Å²) < 4.78 is 23.7. The molecule has 0 aliphatic rings. The average molecular weight is 164 g/mol. The maximum atomic E-state index is 11.9. The molecule has 1 aromatic heterocycles. The molecule has 2 nitrogen and oxygen atoms in total. The molecule has 0 spiro atoms. The summed E-state index contributed by atoms with van der Waals surface area (Å²) in [5.74, 6) is 0. The van der Waals surface area contributed by atoms with E-state index in [0.717, 1.165) is 6.07 Å². The van der Waals surface area contributed by atoms with Gasteiger partial charge in [-0.05, 0) is 6.07 Å². The molecule has 10 heavy (non-hydrogen) atoms. The molecule has 0 atom stereocenters. The van der Waals surface area contributed by atoms with Crippen LogP contribution in [0.2, 0.25) is 5.15 Å². The predicted octanol–water partition coefficient (Wildman–Crippen LogP) is 1.87. The average Bonchev–Trinajstić information content (AvgIpc) is 1.88. The molecule has 1 radical (unpaired) electrons. The summed E-state index contributed by atoms with van der Waals surface area (Å²) in [7, 11) is 0. The van der Waals surface area contributed by atoms with Crippen LogP contribution < -0.4 is 0 Å². The minimum Gasteiger partial charge on any atom is -0.205 e. The molecule has 1 aromatic rings. The van der Waals surface area contributed by atoms with Crippen molar-refractivity contribution in [1.82, 2.24) is 10.2 Å². The van der Waals surface area contributed by atoms with Gasteiger partial charge in [0, 0.05) is 0 Å². The Balaban J connectivity index is 3.03. The monoisotopic (exact) mass is 163 g/mol. The Kier molecular flexibility index (Phi) is 2.11. The summed E-state index contributed by atoms with van der Waals surface area (Å²) in [5.41, 5.74) is -0.336. The van der Waals surface area contributed by atoms with Gasteiger partial charge in [-0.25, -0.2) is 8.78 Å². The van der Waals surface area contributed by atoms with Crippen LogP contribution in [0, 0.1) is 6.20 Å². The zero-order valence-corrected chi connectivity index (χ0v) is 5.44. The summed E-state index contributed by atoms with van der Waals surface area (Å²) in [4.78, 5) is 0. The van der Waals surface area contributed by atoms with E-state index in [4.69, 9.17) is 11.6 Å². The Morgan fingerprint density at radius 2 is 2.30 bits per heavy atom. The van der Waals surface area contributed by atoms with Crippen LogP contribution in [0.5, 0.6) is 0 Å². The highest BCUT2D eigenvalue weighted by Crippen LogP contribution is 2.23. The first-order valence-electron chi connectivity index (χ1n) is 2.39. The van der Waals surface area contributed by atoms with E-state index in [0.29, 0.717) is 0 Å². The number of alkyl halides is 2. The van der Waals surface area contributed by atoms with E-state index in [9.17, 15) is 8.78 Å². The van der Waals surface area contributed by atoms with Crippen molar-refractivity contribution in [3.8, 4) is 0 Å². The van der Waals surface area contributed by atoms with Gasteiger partial charge in [-0.2, -0.15) is 0 Å². The molecule has 53 valence electrons. The molecule has 0 N–H and O–H groups in total. The second-order valence-corrected chi connectivity index (χ2v) is 1.88. The molecule has 5 heteroatoms. The summed E-state index contributed by atoms with van der Waals surface area (Å²) in [5, 5.41) is 6.10. The number of nitrogens with zero attached hydrogens (tertiary/aromatic N) is 2. The second-order valence-electron chi connectivity index (χ2n) is 1.52. The van der Waals surface area contributed by atoms with Crippen LogP contribution in [0.25, 0.3) is 0 Å². The summed E-state index contributed by atoms with van der Waals surface area (Å²) in [6, 6.07) is 1.01. The van der Waals surface area contributed by atoms with Crippen LogP contribution in [0.4, 0.5) is 8.78 Å². The lowest BCUT2D eigenvalue weighted by Crippen LogP contribution is -1.90. The Labute approximate surface area is 60.8 Å². The Hall–Kier alpha value is -0.770. The minimum absolute atomic E-state index is 0.270. The Bertz CT molecular complexity index is 229. The molecule has 1 rings (SSSR count). The van der Waals surface area contributed by atoms with E-state index < -0.39 is 6.43 Å². The number of hydrogen-bond donors (Lipinski definition) is 0. The number of aromatic nitrogens is 2. The SMILES string of the molecule is FC(F)c1c[c]nnc1Cl. The van der Waals surface area contributed by atoms with Crippen molar-refractivity contribution in [3.05, 3.63) is 23.0 Å². The van der Waals surface area contributed by atoms with Crippen LogP contribution in [0.15, 0.2) is 6.07 Å². The van der Waals surface area contributed by atoms with Gasteiger partial charge in [0.25, 0.3) is 6.43 Å². The van der Waals surface area contributed by atoms with Crippen LogP contribution >= 0.6 is 11.6 Å². The van der Waals surface area contributed by atoms with Gasteiger partial charge >= 0.3 is 0 Å². The van der Waals surface area contributed by atoms with E-state index >= 15 is 0 Å². The molecule has 0 amide bonds. The zero-order valence-electron chi connectivity index (χ0n) is 4.68. The first-order valence-corrected chi connectivity index (χ1v) is 2.77. The number of halogens is 3. The maximum absolute atomic E-state index is 11.9. The van der Waals surface area contributed by atoms with Crippen molar-refractivity contribution in [2.45, 2.75) is 6.43 Å². The van der Waals surface area contributed by atoms with Gasteiger partial charge in [0.05, 0.1) is 5.56 Å². The third-order valence-electron chi connectivity index (χ3n) is 0.889. The first kappa shape index (κ1) is 7.34. The third-order valence-corrected chi connectivity index (χ3v) is 1.18. The maximum Gasteiger partial charge on any atom is 0.266 e. The third kappa shape index (κ3) is 1.39. The van der Waals surface area contributed by atoms with Crippen molar-refractivity contribution in [2.24, 2.45) is 0 Å². The Morgan fingerprint density at radius 3 is 2.70 bits per heavy atom. The van der Waals surface area contributed by atoms with Crippen molar-refractivity contribution in [2.75, 3.05) is 0 Å². The zero-order chi connectivity index (χ0) is 7.56. The minimum atomic E-state index is -2.61. The lowest BCUT2D eigenvalue weighted by atomic mass is 10.3. The molecular weight excluding hydrogens is 162 g/mol. The van der Waals surface area contributed by atoms with Gasteiger partial charge in [-0.3, -0.25) is 0 Å². The normalized spacial score (nSPS) is 10.4. The fourth-order valence-electron chi connectivity index (χ4n) is 0.441. The van der Waals surface area contributed by atoms with Crippen molar-refractivity contribution in [1.29, 1.82) is 0 Å². The highest BCUT2D eigenvalue weighted by atomic mass is 35.5. The summed E-state index contributed by atoms with van der Waals surface area (Å²) in [6.45, 7) is 0. The van der Waals surface area contributed by atoms with Crippen molar-refractivity contribution >= 4 is 11.6 Å². The molecule has 0 aromatic carbocycles. The molecule has 0 saturated carbocycles. The Morgan fingerprint density at radius 1 is 1.60 bits per heavy atom. The van der Waals surface area contributed by atoms with Crippen LogP contribution in [-0.2, 0) is 0 Å². The molecule has 0 bridgehead atoms. The van der Waals surface area contributed by atoms with E-state index in [2.05, 4.69) is 16.4 Å². The fraction of sp³-hybridized carbons (Fsp3) is 0.200. The van der Waals surface area contributed by atoms with Gasteiger partial charge in [0.15, 0.2) is 5.15 Å². The van der Waals surface area contributed by atoms with E-state index in [-0.39, 0.29) is 10.7 Å². The van der Waals surface area contributed by atoms with E-state index in [1.807, 2.05) is 0 Å². The van der Waals surface area contributed by atoms with Gasteiger partial charge in [0.2, 0.25) is 0 Å². The van der Waals surface area contributed by atoms with Crippen LogP contribution in [0.3, 0.4) is 0 Å². The smallest absolute Gasteiger partial charge is 0.205 e. The topological polar surface area (TPSA) is 25.8 Å². The fourth-order valence-corrected chi connectivity index (χ4v) is 0.616. The predicted molar refractivity (Wildman–Crippen MR) is 30.8 cm³/mol. The molecule has 0 aliphatic carbocycles. The standard InChI is InChI=1S/C5H2ClF2N2/c6-4-3(5(7)8)1-2-9-10-4/h1,5H. The number of rotatable bonds is 1.